The van der Waals surface area contributed by atoms with E-state index in [1.165, 1.54) is 5.56 Å². The van der Waals surface area contributed by atoms with Crippen LogP contribution in [0.25, 0.3) is 0 Å². The van der Waals surface area contributed by atoms with Crippen molar-refractivity contribution in [3.05, 3.63) is 30.1 Å². The number of nitrogens with zero attached hydrogens (tertiary/aromatic N) is 4. The summed E-state index contributed by atoms with van der Waals surface area (Å²) in [6.45, 7) is 3.80. The molecule has 1 aromatic heterocycles. The molecule has 1 aliphatic rings. The number of carbonyl (C=O) groups is 2. The lowest BCUT2D eigenvalue weighted by molar-refractivity contribution is -0.135. The Balaban J connectivity index is 1.71. The predicted octanol–water partition coefficient (Wildman–Crippen LogP) is -0.143. The third-order valence-corrected chi connectivity index (χ3v) is 3.75. The fraction of sp³-hybridized carbons (Fsp3) is 0.533. The summed E-state index contributed by atoms with van der Waals surface area (Å²) in [5.74, 6) is 0.137. The number of amides is 2. The van der Waals surface area contributed by atoms with Crippen molar-refractivity contribution in [1.82, 2.24) is 19.7 Å². The topological polar surface area (TPSA) is 56.8 Å². The van der Waals surface area contributed by atoms with E-state index in [0.717, 1.165) is 19.4 Å². The number of likely N-dealkylation sites (N-methyl/N-ethyl adjacent to an activating group) is 1. The second-order valence-corrected chi connectivity index (χ2v) is 5.37. The van der Waals surface area contributed by atoms with Crippen LogP contribution in [0, 0.1) is 0 Å². The summed E-state index contributed by atoms with van der Waals surface area (Å²) >= 11 is 0. The molecule has 0 saturated carbocycles. The lowest BCUT2D eigenvalue weighted by Crippen LogP contribution is -2.50. The van der Waals surface area contributed by atoms with E-state index in [0.29, 0.717) is 32.7 Å². The van der Waals surface area contributed by atoms with Crippen molar-refractivity contribution in [3.63, 3.8) is 0 Å². The van der Waals surface area contributed by atoms with Crippen LogP contribution >= 0.6 is 0 Å². The van der Waals surface area contributed by atoms with Gasteiger partial charge in [-0.25, -0.2) is 0 Å². The highest BCUT2D eigenvalue weighted by Crippen LogP contribution is 2.02. The normalized spacial score (nSPS) is 15.3. The Morgan fingerprint density at radius 2 is 1.95 bits per heavy atom. The maximum absolute atomic E-state index is 12.2. The molecule has 1 aromatic rings. The first-order valence-corrected chi connectivity index (χ1v) is 7.23. The van der Waals surface area contributed by atoms with E-state index in [2.05, 4.69) is 4.98 Å². The van der Waals surface area contributed by atoms with E-state index in [4.69, 9.17) is 0 Å². The third-order valence-electron chi connectivity index (χ3n) is 3.75. The van der Waals surface area contributed by atoms with Crippen molar-refractivity contribution in [3.8, 4) is 0 Å². The van der Waals surface area contributed by atoms with E-state index in [-0.39, 0.29) is 5.91 Å². The van der Waals surface area contributed by atoms with Crippen LogP contribution in [0.1, 0.15) is 5.56 Å². The molecule has 1 fully saturated rings. The van der Waals surface area contributed by atoms with Crippen LogP contribution in [-0.2, 0) is 16.0 Å². The van der Waals surface area contributed by atoms with Gasteiger partial charge in [-0.1, -0.05) is 0 Å². The Morgan fingerprint density at radius 1 is 1.29 bits per heavy atom. The highest BCUT2D eigenvalue weighted by molar-refractivity contribution is 5.78. The van der Waals surface area contributed by atoms with Gasteiger partial charge in [-0.15, -0.1) is 0 Å². The lowest BCUT2D eigenvalue weighted by Gasteiger charge is -2.33. The average molecular weight is 290 g/mol. The van der Waals surface area contributed by atoms with Crippen molar-refractivity contribution in [2.45, 2.75) is 6.42 Å². The van der Waals surface area contributed by atoms with E-state index < -0.39 is 0 Å². The second-order valence-electron chi connectivity index (χ2n) is 5.37. The Labute approximate surface area is 125 Å². The molecule has 0 N–H and O–H groups in total. The van der Waals surface area contributed by atoms with Gasteiger partial charge in [0.15, 0.2) is 0 Å². The van der Waals surface area contributed by atoms with Crippen LogP contribution in [0.15, 0.2) is 24.5 Å². The fourth-order valence-electron chi connectivity index (χ4n) is 2.36. The van der Waals surface area contributed by atoms with Gasteiger partial charge in [0, 0.05) is 45.1 Å². The highest BCUT2D eigenvalue weighted by atomic mass is 16.2. The smallest absolute Gasteiger partial charge is 0.236 e. The molecule has 0 aromatic carbocycles. The number of hydrogen-bond acceptors (Lipinski definition) is 4. The molecular formula is C15H22N4O2. The number of hydrogen-bond donors (Lipinski definition) is 0. The Bertz CT molecular complexity index is 458. The van der Waals surface area contributed by atoms with Crippen molar-refractivity contribution < 1.29 is 9.59 Å². The third kappa shape index (κ3) is 4.82. The van der Waals surface area contributed by atoms with E-state index in [9.17, 15) is 9.59 Å². The molecule has 0 atom stereocenters. The molecule has 1 saturated heterocycles. The zero-order valence-corrected chi connectivity index (χ0v) is 12.4. The van der Waals surface area contributed by atoms with Gasteiger partial charge in [-0.3, -0.25) is 19.5 Å². The molecule has 2 amide bonds. The zero-order chi connectivity index (χ0) is 15.1. The first kappa shape index (κ1) is 15.4. The minimum atomic E-state index is 0.137. The van der Waals surface area contributed by atoms with Crippen molar-refractivity contribution in [1.29, 1.82) is 0 Å². The highest BCUT2D eigenvalue weighted by Gasteiger charge is 2.20. The summed E-state index contributed by atoms with van der Waals surface area (Å²) in [6, 6.07) is 3.99. The summed E-state index contributed by atoms with van der Waals surface area (Å²) in [6.07, 6.45) is 5.33. The van der Waals surface area contributed by atoms with Crippen LogP contribution in [0.2, 0.25) is 0 Å². The minimum absolute atomic E-state index is 0.137. The van der Waals surface area contributed by atoms with Crippen LogP contribution in [0.5, 0.6) is 0 Å². The summed E-state index contributed by atoms with van der Waals surface area (Å²) in [5.41, 5.74) is 1.23. The number of pyridine rings is 1. The molecule has 6 nitrogen and oxygen atoms in total. The van der Waals surface area contributed by atoms with E-state index in [1.54, 1.807) is 17.3 Å². The van der Waals surface area contributed by atoms with Crippen molar-refractivity contribution >= 4 is 12.3 Å². The summed E-state index contributed by atoms with van der Waals surface area (Å²) in [5, 5.41) is 0. The molecule has 6 heteroatoms. The SMILES string of the molecule is CN(CCc1ccncc1)CC(=O)N1CCN(C=O)CC1. The lowest BCUT2D eigenvalue weighted by atomic mass is 10.2. The Hall–Kier alpha value is -1.95. The van der Waals surface area contributed by atoms with Gasteiger partial charge in [-0.05, 0) is 31.2 Å². The molecule has 0 radical (unpaired) electrons. The molecule has 2 heterocycles. The molecule has 0 unspecified atom stereocenters. The first-order valence-electron chi connectivity index (χ1n) is 7.23. The quantitative estimate of drug-likeness (QED) is 0.684. The van der Waals surface area contributed by atoms with Gasteiger partial charge in [0.25, 0.3) is 0 Å². The largest absolute Gasteiger partial charge is 0.342 e. The predicted molar refractivity (Wildman–Crippen MR) is 79.7 cm³/mol. The number of carbonyl (C=O) groups excluding carboxylic acids is 2. The molecular weight excluding hydrogens is 268 g/mol. The Kier molecular flexibility index (Phi) is 5.68. The van der Waals surface area contributed by atoms with Crippen LogP contribution in [0.3, 0.4) is 0 Å². The zero-order valence-electron chi connectivity index (χ0n) is 12.4. The summed E-state index contributed by atoms with van der Waals surface area (Å²) in [4.78, 5) is 32.4. The minimum Gasteiger partial charge on any atom is -0.342 e. The maximum atomic E-state index is 12.2. The van der Waals surface area contributed by atoms with Gasteiger partial charge < -0.3 is 9.80 Å². The van der Waals surface area contributed by atoms with Gasteiger partial charge in [-0.2, -0.15) is 0 Å². The van der Waals surface area contributed by atoms with Crippen LogP contribution in [0.4, 0.5) is 0 Å². The summed E-state index contributed by atoms with van der Waals surface area (Å²) < 4.78 is 0. The average Bonchev–Trinajstić information content (AvgIpc) is 2.54. The van der Waals surface area contributed by atoms with Crippen LogP contribution < -0.4 is 0 Å². The maximum Gasteiger partial charge on any atom is 0.236 e. The number of piperazine rings is 1. The monoisotopic (exact) mass is 290 g/mol. The molecule has 1 aliphatic heterocycles. The standard InChI is InChI=1S/C15H22N4O2/c1-17(7-4-14-2-5-16-6-3-14)12-15(21)19-10-8-18(13-20)9-11-19/h2-3,5-6,13H,4,7-12H2,1H3. The van der Waals surface area contributed by atoms with Crippen LogP contribution in [-0.4, -0.2) is 78.3 Å². The van der Waals surface area contributed by atoms with Gasteiger partial charge in [0.1, 0.15) is 0 Å². The summed E-state index contributed by atoms with van der Waals surface area (Å²) in [7, 11) is 1.96. The number of aromatic nitrogens is 1. The van der Waals surface area contributed by atoms with E-state index >= 15 is 0 Å². The van der Waals surface area contributed by atoms with Crippen molar-refractivity contribution in [2.75, 3.05) is 46.3 Å². The molecule has 114 valence electrons. The van der Waals surface area contributed by atoms with Crippen molar-refractivity contribution in [2.24, 2.45) is 0 Å². The van der Waals surface area contributed by atoms with Gasteiger partial charge in [0.05, 0.1) is 6.54 Å². The molecule has 0 bridgehead atoms. The van der Waals surface area contributed by atoms with Gasteiger partial charge >= 0.3 is 0 Å². The van der Waals surface area contributed by atoms with Gasteiger partial charge in [0.2, 0.25) is 12.3 Å². The first-order chi connectivity index (χ1) is 10.2. The molecule has 2 rings (SSSR count). The molecule has 21 heavy (non-hydrogen) atoms. The molecule has 0 aliphatic carbocycles. The Morgan fingerprint density at radius 3 is 2.57 bits per heavy atom. The second kappa shape index (κ2) is 7.73. The number of rotatable bonds is 6. The fourth-order valence-corrected chi connectivity index (χ4v) is 2.36. The molecule has 0 spiro atoms. The van der Waals surface area contributed by atoms with E-state index in [1.807, 2.05) is 29.0 Å².